The van der Waals surface area contributed by atoms with E-state index in [1.165, 1.54) is 17.0 Å². The van der Waals surface area contributed by atoms with Gasteiger partial charge in [-0.15, -0.1) is 0 Å². The number of anilines is 2. The fourth-order valence-electron chi connectivity index (χ4n) is 4.00. The van der Waals surface area contributed by atoms with Crippen LogP contribution in [0.2, 0.25) is 0 Å². The number of ether oxygens (including phenoxy) is 3. The Morgan fingerprint density at radius 2 is 1.92 bits per heavy atom. The van der Waals surface area contributed by atoms with Gasteiger partial charge in [-0.1, -0.05) is 24.3 Å². The van der Waals surface area contributed by atoms with Crippen LogP contribution in [0, 0.1) is 0 Å². The van der Waals surface area contributed by atoms with E-state index in [4.69, 9.17) is 4.74 Å². The number of aromatic amines is 1. The number of hydrogen-bond donors (Lipinski definition) is 1. The van der Waals surface area contributed by atoms with Crippen LogP contribution in [-0.2, 0) is 24.8 Å². The van der Waals surface area contributed by atoms with Crippen molar-refractivity contribution in [1.29, 1.82) is 0 Å². The van der Waals surface area contributed by atoms with Gasteiger partial charge in [-0.25, -0.2) is 0 Å². The summed E-state index contributed by atoms with van der Waals surface area (Å²) in [7, 11) is 0. The molecule has 2 aliphatic rings. The Morgan fingerprint density at radius 3 is 2.46 bits per heavy atom. The monoisotopic (exact) mass is 514 g/mol. The highest BCUT2D eigenvalue weighted by atomic mass is 19.3. The van der Waals surface area contributed by atoms with Gasteiger partial charge in [0.25, 0.3) is 6.47 Å². The minimum Gasteiger partial charge on any atom is -0.462 e. The Balaban J connectivity index is 0.000000405. The number of amides is 1. The fourth-order valence-corrected chi connectivity index (χ4v) is 4.00. The maximum absolute atomic E-state index is 12.5. The molecule has 9 nitrogen and oxygen atoms in total. The number of H-pyrrole nitrogens is 1. The third kappa shape index (κ3) is 6.12. The zero-order valence-corrected chi connectivity index (χ0v) is 20.7. The third-order valence-electron chi connectivity index (χ3n) is 5.80. The number of carbonyl (C=O) groups is 2. The first-order chi connectivity index (χ1) is 17.6. The second kappa shape index (κ2) is 10.7. The van der Waals surface area contributed by atoms with Gasteiger partial charge in [-0.3, -0.25) is 24.5 Å². The van der Waals surface area contributed by atoms with Crippen LogP contribution in [0.5, 0.6) is 5.75 Å². The molecule has 2 unspecified atom stereocenters. The van der Waals surface area contributed by atoms with E-state index >= 15 is 0 Å². The summed E-state index contributed by atoms with van der Waals surface area (Å²) in [5.41, 5.74) is 2.28. The summed E-state index contributed by atoms with van der Waals surface area (Å²) in [5, 5.41) is 7.04. The molecule has 2 atom stereocenters. The second-order valence-electron chi connectivity index (χ2n) is 9.45. The molecule has 3 heterocycles. The van der Waals surface area contributed by atoms with Crippen molar-refractivity contribution in [1.82, 2.24) is 15.1 Å². The molecule has 2 aliphatic heterocycles. The van der Waals surface area contributed by atoms with Gasteiger partial charge in [0.05, 0.1) is 18.0 Å². The van der Waals surface area contributed by atoms with E-state index in [1.807, 2.05) is 45.0 Å². The highest BCUT2D eigenvalue weighted by Crippen LogP contribution is 2.47. The molecule has 2 aromatic carbocycles. The topological polar surface area (TPSA) is 96.8 Å². The molecular weight excluding hydrogens is 486 g/mol. The standard InChI is InChI=1S/C21H18F2N4O3.C5H10O2/c22-20(23)30-17-3-1-2-14(10-17)18-11-19(25-24-18)27(13-28)16-6-4-15(5-7-16)21-12-26(21)8-9-29-21;1-5(2,3)7-4-6/h1-7,10-11,13,20H,8-9,12H2,(H,24,25);4H,1-3H3. The Kier molecular flexibility index (Phi) is 7.55. The molecule has 2 fully saturated rings. The van der Waals surface area contributed by atoms with Gasteiger partial charge in [0, 0.05) is 30.3 Å². The number of nitrogens with one attached hydrogen (secondary N) is 1. The smallest absolute Gasteiger partial charge is 0.387 e. The number of aromatic nitrogens is 2. The normalized spacial score (nSPS) is 19.9. The number of morpholine rings is 1. The van der Waals surface area contributed by atoms with Gasteiger partial charge in [0.2, 0.25) is 6.41 Å². The SMILES string of the molecule is CC(C)(C)OC=O.O=CN(c1ccc(C23CN2CCO3)cc1)c1cc(-c2cccc(OC(F)F)c2)[nH]n1. The van der Waals surface area contributed by atoms with Crippen molar-refractivity contribution in [3.05, 3.63) is 60.2 Å². The zero-order valence-electron chi connectivity index (χ0n) is 20.7. The van der Waals surface area contributed by atoms with E-state index in [0.29, 0.717) is 35.6 Å². The number of rotatable bonds is 8. The maximum atomic E-state index is 12.5. The van der Waals surface area contributed by atoms with Gasteiger partial charge in [0.1, 0.15) is 11.4 Å². The molecule has 1 aromatic heterocycles. The van der Waals surface area contributed by atoms with Crippen LogP contribution in [0.4, 0.5) is 20.3 Å². The Bertz CT molecular complexity index is 1230. The van der Waals surface area contributed by atoms with Gasteiger partial charge < -0.3 is 14.2 Å². The molecule has 0 spiro atoms. The van der Waals surface area contributed by atoms with E-state index in [2.05, 4.69) is 24.6 Å². The summed E-state index contributed by atoms with van der Waals surface area (Å²) in [5.74, 6) is 0.431. The summed E-state index contributed by atoms with van der Waals surface area (Å²) in [6.07, 6.45) is 0.680. The Morgan fingerprint density at radius 1 is 1.16 bits per heavy atom. The largest absolute Gasteiger partial charge is 0.462 e. The first-order valence-corrected chi connectivity index (χ1v) is 11.6. The zero-order chi connectivity index (χ0) is 26.6. The molecule has 196 valence electrons. The molecule has 3 aromatic rings. The molecule has 0 radical (unpaired) electrons. The number of hydrogen-bond acceptors (Lipinski definition) is 7. The van der Waals surface area contributed by atoms with Crippen molar-refractivity contribution in [2.45, 2.75) is 38.7 Å². The van der Waals surface area contributed by atoms with E-state index in [0.717, 1.165) is 25.3 Å². The fraction of sp³-hybridized carbons (Fsp3) is 0.346. The average molecular weight is 515 g/mol. The summed E-state index contributed by atoms with van der Waals surface area (Å²) in [4.78, 5) is 25.0. The minimum absolute atomic E-state index is 0.0455. The number of halogens is 2. The maximum Gasteiger partial charge on any atom is 0.387 e. The van der Waals surface area contributed by atoms with E-state index in [9.17, 15) is 18.4 Å². The van der Waals surface area contributed by atoms with Crippen molar-refractivity contribution >= 4 is 24.4 Å². The highest BCUT2D eigenvalue weighted by molar-refractivity contribution is 5.86. The van der Waals surface area contributed by atoms with Crippen molar-refractivity contribution in [2.75, 3.05) is 24.6 Å². The number of alkyl halides is 2. The molecule has 5 rings (SSSR count). The van der Waals surface area contributed by atoms with Gasteiger partial charge >= 0.3 is 6.61 Å². The van der Waals surface area contributed by atoms with Crippen LogP contribution in [0.15, 0.2) is 54.6 Å². The summed E-state index contributed by atoms with van der Waals surface area (Å²) in [6.45, 7) is 5.57. The lowest BCUT2D eigenvalue weighted by atomic mass is 10.1. The number of nitrogens with zero attached hydrogens (tertiary/aromatic N) is 3. The molecule has 1 amide bonds. The lowest BCUT2D eigenvalue weighted by Crippen LogP contribution is -2.17. The van der Waals surface area contributed by atoms with Crippen LogP contribution in [-0.4, -0.2) is 59.9 Å². The lowest BCUT2D eigenvalue weighted by Gasteiger charge is -2.16. The van der Waals surface area contributed by atoms with Gasteiger partial charge in [-0.05, 0) is 45.0 Å². The van der Waals surface area contributed by atoms with E-state index in [-0.39, 0.29) is 17.1 Å². The Labute approximate surface area is 212 Å². The molecule has 0 bridgehead atoms. The van der Waals surface area contributed by atoms with Crippen LogP contribution < -0.4 is 9.64 Å². The molecule has 11 heteroatoms. The summed E-state index contributed by atoms with van der Waals surface area (Å²) in [6, 6.07) is 15.5. The third-order valence-corrected chi connectivity index (χ3v) is 5.80. The van der Waals surface area contributed by atoms with Crippen molar-refractivity contribution in [3.63, 3.8) is 0 Å². The van der Waals surface area contributed by atoms with Crippen LogP contribution >= 0.6 is 0 Å². The molecule has 37 heavy (non-hydrogen) atoms. The first-order valence-electron chi connectivity index (χ1n) is 11.6. The summed E-state index contributed by atoms with van der Waals surface area (Å²) >= 11 is 0. The molecule has 1 N–H and O–H groups in total. The van der Waals surface area contributed by atoms with Crippen LogP contribution in [0.3, 0.4) is 0 Å². The molecular formula is C26H28F2N4O5. The Hall–Kier alpha value is -3.83. The number of carbonyl (C=O) groups excluding carboxylic acids is 2. The number of fused-ring (bicyclic) bond motifs is 1. The molecule has 0 saturated carbocycles. The molecule has 0 aliphatic carbocycles. The predicted octanol–water partition coefficient (Wildman–Crippen LogP) is 4.43. The van der Waals surface area contributed by atoms with Gasteiger partial charge in [0.15, 0.2) is 11.5 Å². The minimum atomic E-state index is -2.90. The van der Waals surface area contributed by atoms with Crippen LogP contribution in [0.25, 0.3) is 11.3 Å². The second-order valence-corrected chi connectivity index (χ2v) is 9.45. The first kappa shape index (κ1) is 26.2. The van der Waals surface area contributed by atoms with Crippen molar-refractivity contribution in [3.8, 4) is 17.0 Å². The molecule has 2 saturated heterocycles. The van der Waals surface area contributed by atoms with Crippen molar-refractivity contribution in [2.24, 2.45) is 0 Å². The van der Waals surface area contributed by atoms with E-state index < -0.39 is 6.61 Å². The highest BCUT2D eigenvalue weighted by Gasteiger charge is 2.58. The van der Waals surface area contributed by atoms with Gasteiger partial charge in [-0.2, -0.15) is 13.9 Å². The average Bonchev–Trinajstić information content (AvgIpc) is 3.17. The number of benzene rings is 2. The van der Waals surface area contributed by atoms with Crippen LogP contribution in [0.1, 0.15) is 26.3 Å². The quantitative estimate of drug-likeness (QED) is 0.351. The van der Waals surface area contributed by atoms with Crippen molar-refractivity contribution < 1.29 is 32.6 Å². The van der Waals surface area contributed by atoms with E-state index in [1.54, 1.807) is 18.2 Å². The predicted molar refractivity (Wildman–Crippen MR) is 131 cm³/mol. The summed E-state index contributed by atoms with van der Waals surface area (Å²) < 4.78 is 39.8. The lowest BCUT2D eigenvalue weighted by molar-refractivity contribution is -0.138.